The van der Waals surface area contributed by atoms with Gasteiger partial charge in [-0.25, -0.2) is 0 Å². The monoisotopic (exact) mass is 254 g/mol. The summed E-state index contributed by atoms with van der Waals surface area (Å²) >= 11 is 0. The van der Waals surface area contributed by atoms with E-state index in [-0.39, 0.29) is 18.4 Å². The largest absolute Gasteiger partial charge is 0.493 e. The summed E-state index contributed by atoms with van der Waals surface area (Å²) in [5.74, 6) is 1.05. The minimum Gasteiger partial charge on any atom is -0.493 e. The Morgan fingerprint density at radius 3 is 2.50 bits per heavy atom. The number of ether oxygens (including phenoxy) is 3. The van der Waals surface area contributed by atoms with Gasteiger partial charge < -0.3 is 19.9 Å². The lowest BCUT2D eigenvalue weighted by Crippen LogP contribution is -2.54. The van der Waals surface area contributed by atoms with E-state index in [1.807, 2.05) is 12.1 Å². The number of methoxy groups -OCH3 is 2. The van der Waals surface area contributed by atoms with E-state index in [1.54, 1.807) is 27.2 Å². The second-order valence-electron chi connectivity index (χ2n) is 3.82. The van der Waals surface area contributed by atoms with Gasteiger partial charge in [0.15, 0.2) is 11.5 Å². The molecule has 0 saturated carbocycles. The molecule has 0 saturated heterocycles. The van der Waals surface area contributed by atoms with Gasteiger partial charge in [-0.2, -0.15) is 0 Å². The molecule has 0 bridgehead atoms. The number of hydrogen-bond acceptors (Lipinski definition) is 4. The van der Waals surface area contributed by atoms with Crippen molar-refractivity contribution >= 4 is 5.97 Å². The first kappa shape index (κ1) is 14.3. The fourth-order valence-corrected chi connectivity index (χ4v) is 1.65. The maximum Gasteiger partial charge on any atom is 0.312 e. The van der Waals surface area contributed by atoms with Crippen LogP contribution in [0.15, 0.2) is 18.2 Å². The molecule has 0 heterocycles. The Morgan fingerprint density at radius 2 is 1.94 bits per heavy atom. The molecule has 3 N–H and O–H groups in total. The number of quaternary nitrogens is 1. The molecule has 0 aliphatic rings. The molecule has 1 rings (SSSR count). The molecule has 0 aliphatic heterocycles. The zero-order valence-corrected chi connectivity index (χ0v) is 11.1. The molecule has 0 aromatic heterocycles. The summed E-state index contributed by atoms with van der Waals surface area (Å²) < 4.78 is 15.3. The first-order valence-corrected chi connectivity index (χ1v) is 5.83. The Morgan fingerprint density at radius 1 is 1.28 bits per heavy atom. The fraction of sp³-hybridized carbons (Fsp3) is 0.462. The Hall–Kier alpha value is -1.75. The van der Waals surface area contributed by atoms with Gasteiger partial charge in [0, 0.05) is 5.56 Å². The van der Waals surface area contributed by atoms with Crippen LogP contribution < -0.4 is 15.2 Å². The molecule has 0 amide bonds. The zero-order chi connectivity index (χ0) is 13.5. The van der Waals surface area contributed by atoms with E-state index in [0.717, 1.165) is 5.56 Å². The van der Waals surface area contributed by atoms with E-state index >= 15 is 0 Å². The van der Waals surface area contributed by atoms with E-state index in [1.165, 1.54) is 0 Å². The van der Waals surface area contributed by atoms with E-state index in [2.05, 4.69) is 5.73 Å². The topological polar surface area (TPSA) is 72.4 Å². The third kappa shape index (κ3) is 3.63. The van der Waals surface area contributed by atoms with Crippen LogP contribution in [0.5, 0.6) is 11.5 Å². The standard InChI is InChI=1S/C13H19NO4/c1-4-18-13(15)8-10(14)9-5-6-11(16-2)12(7-9)17-3/h5-7,10H,4,8,14H2,1-3H3/p+1/t10-/m1/s1. The molecule has 0 aliphatic carbocycles. The van der Waals surface area contributed by atoms with Crippen molar-refractivity contribution in [3.05, 3.63) is 23.8 Å². The van der Waals surface area contributed by atoms with Gasteiger partial charge in [0.05, 0.1) is 20.8 Å². The SMILES string of the molecule is CCOC(=O)C[C@@H]([NH3+])c1ccc(OC)c(OC)c1. The van der Waals surface area contributed by atoms with Crippen LogP contribution in [-0.4, -0.2) is 26.8 Å². The highest BCUT2D eigenvalue weighted by molar-refractivity contribution is 5.70. The highest BCUT2D eigenvalue weighted by Gasteiger charge is 2.17. The smallest absolute Gasteiger partial charge is 0.312 e. The molecule has 5 nitrogen and oxygen atoms in total. The van der Waals surface area contributed by atoms with Gasteiger partial charge in [0.1, 0.15) is 12.5 Å². The number of carbonyl (C=O) groups is 1. The van der Waals surface area contributed by atoms with Crippen molar-refractivity contribution in [3.8, 4) is 11.5 Å². The van der Waals surface area contributed by atoms with Crippen molar-refractivity contribution in [1.29, 1.82) is 0 Å². The Kier molecular flexibility index (Phi) is 5.45. The Labute approximate surface area is 107 Å². The quantitative estimate of drug-likeness (QED) is 0.767. The van der Waals surface area contributed by atoms with Crippen molar-refractivity contribution < 1.29 is 24.7 Å². The molecule has 0 spiro atoms. The maximum atomic E-state index is 11.4. The number of hydrogen-bond donors (Lipinski definition) is 1. The lowest BCUT2D eigenvalue weighted by molar-refractivity contribution is -0.425. The van der Waals surface area contributed by atoms with Crippen LogP contribution in [0.1, 0.15) is 24.9 Å². The van der Waals surface area contributed by atoms with Gasteiger partial charge in [-0.05, 0) is 25.1 Å². The number of benzene rings is 1. The first-order valence-electron chi connectivity index (χ1n) is 5.83. The molecule has 100 valence electrons. The number of carbonyl (C=O) groups excluding carboxylic acids is 1. The Bertz CT molecular complexity index is 406. The van der Waals surface area contributed by atoms with Crippen molar-refractivity contribution in [1.82, 2.24) is 0 Å². The summed E-state index contributed by atoms with van der Waals surface area (Å²) in [5.41, 5.74) is 4.88. The Balaban J connectivity index is 2.79. The molecular formula is C13H20NO4+. The summed E-state index contributed by atoms with van der Waals surface area (Å²) in [4.78, 5) is 11.4. The normalized spacial score (nSPS) is 11.8. The van der Waals surface area contributed by atoms with E-state index in [9.17, 15) is 4.79 Å². The molecule has 1 aromatic carbocycles. The van der Waals surface area contributed by atoms with E-state index < -0.39 is 0 Å². The van der Waals surface area contributed by atoms with Crippen molar-refractivity contribution in [2.24, 2.45) is 0 Å². The molecular weight excluding hydrogens is 234 g/mol. The molecule has 5 heteroatoms. The van der Waals surface area contributed by atoms with Gasteiger partial charge in [0.25, 0.3) is 0 Å². The molecule has 0 unspecified atom stereocenters. The second kappa shape index (κ2) is 6.86. The van der Waals surface area contributed by atoms with Gasteiger partial charge >= 0.3 is 5.97 Å². The molecule has 1 atom stereocenters. The maximum absolute atomic E-state index is 11.4. The third-order valence-electron chi connectivity index (χ3n) is 2.60. The van der Waals surface area contributed by atoms with Gasteiger partial charge in [0.2, 0.25) is 0 Å². The fourth-order valence-electron chi connectivity index (χ4n) is 1.65. The number of rotatable bonds is 6. The molecule has 0 radical (unpaired) electrons. The minimum atomic E-state index is -0.243. The van der Waals surface area contributed by atoms with Crippen molar-refractivity contribution in [2.45, 2.75) is 19.4 Å². The predicted molar refractivity (Wildman–Crippen MR) is 66.4 cm³/mol. The molecule has 0 fully saturated rings. The van der Waals surface area contributed by atoms with Crippen LogP contribution in [0.25, 0.3) is 0 Å². The zero-order valence-electron chi connectivity index (χ0n) is 11.1. The van der Waals surface area contributed by atoms with Crippen LogP contribution in [0.2, 0.25) is 0 Å². The van der Waals surface area contributed by atoms with Crippen LogP contribution in [-0.2, 0) is 9.53 Å². The van der Waals surface area contributed by atoms with Gasteiger partial charge in [-0.1, -0.05) is 0 Å². The van der Waals surface area contributed by atoms with Crippen LogP contribution >= 0.6 is 0 Å². The summed E-state index contributed by atoms with van der Waals surface area (Å²) in [6.45, 7) is 2.17. The van der Waals surface area contributed by atoms with E-state index in [0.29, 0.717) is 18.1 Å². The van der Waals surface area contributed by atoms with Gasteiger partial charge in [-0.3, -0.25) is 4.79 Å². The average molecular weight is 254 g/mol. The summed E-state index contributed by atoms with van der Waals surface area (Å²) in [5, 5.41) is 0. The average Bonchev–Trinajstić information content (AvgIpc) is 2.38. The highest BCUT2D eigenvalue weighted by atomic mass is 16.5. The lowest BCUT2D eigenvalue weighted by atomic mass is 10.0. The first-order chi connectivity index (χ1) is 8.62. The minimum absolute atomic E-state index is 0.163. The molecule has 18 heavy (non-hydrogen) atoms. The summed E-state index contributed by atoms with van der Waals surface area (Å²) in [6, 6.07) is 5.34. The molecule has 1 aromatic rings. The van der Waals surface area contributed by atoms with Crippen LogP contribution in [0, 0.1) is 0 Å². The van der Waals surface area contributed by atoms with Crippen LogP contribution in [0.3, 0.4) is 0 Å². The lowest BCUT2D eigenvalue weighted by Gasteiger charge is -2.12. The summed E-state index contributed by atoms with van der Waals surface area (Å²) in [7, 11) is 3.16. The number of esters is 1. The highest BCUT2D eigenvalue weighted by Crippen LogP contribution is 2.29. The third-order valence-corrected chi connectivity index (χ3v) is 2.60. The summed E-state index contributed by atoms with van der Waals surface area (Å²) in [6.07, 6.45) is 0.253. The van der Waals surface area contributed by atoms with Crippen molar-refractivity contribution in [3.63, 3.8) is 0 Å². The van der Waals surface area contributed by atoms with Crippen LogP contribution in [0.4, 0.5) is 0 Å². The van der Waals surface area contributed by atoms with Crippen molar-refractivity contribution in [2.75, 3.05) is 20.8 Å². The van der Waals surface area contributed by atoms with Gasteiger partial charge in [-0.15, -0.1) is 0 Å². The second-order valence-corrected chi connectivity index (χ2v) is 3.82. The predicted octanol–water partition coefficient (Wildman–Crippen LogP) is 0.940. The van der Waals surface area contributed by atoms with E-state index in [4.69, 9.17) is 14.2 Å².